The van der Waals surface area contributed by atoms with Gasteiger partial charge >= 0.3 is 0 Å². The Morgan fingerprint density at radius 3 is 2.78 bits per heavy atom. The standard InChI is InChI=1S/C17H16BrN3OS/c1-10-7-23-16-14(10)15(19-11(2)20-16)21-8-17(22,9-21)12-4-3-5-13(18)6-12/h3-7,22H,8-9H2,1-2H3. The molecule has 0 amide bonds. The predicted molar refractivity (Wildman–Crippen MR) is 97.1 cm³/mol. The Balaban J connectivity index is 1.69. The zero-order valence-corrected chi connectivity index (χ0v) is 15.3. The summed E-state index contributed by atoms with van der Waals surface area (Å²) in [6.45, 7) is 5.09. The number of halogens is 1. The van der Waals surface area contributed by atoms with Crippen LogP contribution in [0.3, 0.4) is 0 Å². The third kappa shape index (κ3) is 2.45. The summed E-state index contributed by atoms with van der Waals surface area (Å²) in [4.78, 5) is 12.3. The average molecular weight is 390 g/mol. The number of anilines is 1. The molecule has 1 aliphatic rings. The van der Waals surface area contributed by atoms with Gasteiger partial charge < -0.3 is 10.0 Å². The number of thiophene rings is 1. The molecule has 1 aliphatic heterocycles. The molecule has 0 radical (unpaired) electrons. The smallest absolute Gasteiger partial charge is 0.141 e. The Morgan fingerprint density at radius 2 is 2.04 bits per heavy atom. The Morgan fingerprint density at radius 1 is 1.26 bits per heavy atom. The Kier molecular flexibility index (Phi) is 3.44. The van der Waals surface area contributed by atoms with Crippen LogP contribution in [0.15, 0.2) is 34.1 Å². The fourth-order valence-electron chi connectivity index (χ4n) is 3.09. The second kappa shape index (κ2) is 5.26. The molecule has 0 aliphatic carbocycles. The average Bonchev–Trinajstić information content (AvgIpc) is 2.84. The summed E-state index contributed by atoms with van der Waals surface area (Å²) < 4.78 is 0.982. The second-order valence-corrected chi connectivity index (χ2v) is 7.87. The van der Waals surface area contributed by atoms with Gasteiger partial charge in [-0.05, 0) is 42.5 Å². The third-order valence-corrected chi connectivity index (χ3v) is 5.76. The van der Waals surface area contributed by atoms with E-state index in [-0.39, 0.29) is 0 Å². The van der Waals surface area contributed by atoms with Gasteiger partial charge in [0.15, 0.2) is 0 Å². The quantitative estimate of drug-likeness (QED) is 0.724. The van der Waals surface area contributed by atoms with E-state index in [4.69, 9.17) is 0 Å². The SMILES string of the molecule is Cc1nc(N2CC(O)(c3cccc(Br)c3)C2)c2c(C)csc2n1. The molecule has 1 saturated heterocycles. The number of hydrogen-bond donors (Lipinski definition) is 1. The fraction of sp³-hybridized carbons (Fsp3) is 0.294. The molecule has 23 heavy (non-hydrogen) atoms. The number of fused-ring (bicyclic) bond motifs is 1. The van der Waals surface area contributed by atoms with Crippen LogP contribution >= 0.6 is 27.3 Å². The number of nitrogens with zero attached hydrogens (tertiary/aromatic N) is 3. The van der Waals surface area contributed by atoms with Crippen LogP contribution < -0.4 is 4.90 Å². The lowest BCUT2D eigenvalue weighted by Gasteiger charge is -2.47. The van der Waals surface area contributed by atoms with Crippen molar-refractivity contribution in [2.45, 2.75) is 19.4 Å². The zero-order chi connectivity index (χ0) is 16.2. The van der Waals surface area contributed by atoms with Gasteiger partial charge in [-0.3, -0.25) is 0 Å². The molecular weight excluding hydrogens is 374 g/mol. The molecule has 3 heterocycles. The van der Waals surface area contributed by atoms with Crippen LogP contribution in [-0.4, -0.2) is 28.2 Å². The molecule has 0 unspecified atom stereocenters. The van der Waals surface area contributed by atoms with Gasteiger partial charge in [0.05, 0.1) is 18.5 Å². The number of aryl methyl sites for hydroxylation is 2. The molecular formula is C17H16BrN3OS. The van der Waals surface area contributed by atoms with E-state index in [1.165, 1.54) is 5.56 Å². The molecule has 4 rings (SSSR count). The minimum atomic E-state index is -0.821. The normalized spacial score (nSPS) is 16.6. The predicted octanol–water partition coefficient (Wildman–Crippen LogP) is 3.78. The first-order valence-electron chi connectivity index (χ1n) is 7.42. The largest absolute Gasteiger partial charge is 0.381 e. The number of rotatable bonds is 2. The Bertz CT molecular complexity index is 902. The Labute approximate surface area is 146 Å². The lowest BCUT2D eigenvalue weighted by Crippen LogP contribution is -2.60. The van der Waals surface area contributed by atoms with Gasteiger partial charge in [-0.15, -0.1) is 11.3 Å². The Hall–Kier alpha value is -1.50. The molecule has 6 heteroatoms. The first-order valence-corrected chi connectivity index (χ1v) is 9.09. The van der Waals surface area contributed by atoms with Crippen molar-refractivity contribution >= 4 is 43.3 Å². The van der Waals surface area contributed by atoms with Crippen molar-refractivity contribution in [3.8, 4) is 0 Å². The molecule has 4 nitrogen and oxygen atoms in total. The first-order chi connectivity index (χ1) is 11.0. The number of aliphatic hydroxyl groups is 1. The summed E-state index contributed by atoms with van der Waals surface area (Å²) in [6, 6.07) is 7.87. The van der Waals surface area contributed by atoms with Crippen molar-refractivity contribution in [2.24, 2.45) is 0 Å². The number of β-amino-alcohol motifs (C(OH)–C–C–N with tert-alkyl or cyclic N) is 1. The summed E-state index contributed by atoms with van der Waals surface area (Å²) in [5.41, 5.74) is 1.31. The van der Waals surface area contributed by atoms with Crippen LogP contribution in [0.5, 0.6) is 0 Å². The van der Waals surface area contributed by atoms with Gasteiger partial charge in [-0.1, -0.05) is 28.1 Å². The highest BCUT2D eigenvalue weighted by Gasteiger charge is 2.44. The number of hydrogen-bond acceptors (Lipinski definition) is 5. The molecule has 0 bridgehead atoms. The van der Waals surface area contributed by atoms with Gasteiger partial charge in [0.25, 0.3) is 0 Å². The van der Waals surface area contributed by atoms with Gasteiger partial charge in [-0.25, -0.2) is 9.97 Å². The number of aromatic nitrogens is 2. The minimum Gasteiger partial charge on any atom is -0.381 e. The van der Waals surface area contributed by atoms with Crippen molar-refractivity contribution in [3.05, 3.63) is 51.1 Å². The van der Waals surface area contributed by atoms with E-state index in [1.54, 1.807) is 11.3 Å². The van der Waals surface area contributed by atoms with E-state index < -0.39 is 5.60 Å². The molecule has 0 atom stereocenters. The maximum atomic E-state index is 10.9. The van der Waals surface area contributed by atoms with E-state index in [0.29, 0.717) is 13.1 Å². The zero-order valence-electron chi connectivity index (χ0n) is 12.9. The third-order valence-electron chi connectivity index (χ3n) is 4.28. The van der Waals surface area contributed by atoms with Crippen molar-refractivity contribution in [2.75, 3.05) is 18.0 Å². The maximum Gasteiger partial charge on any atom is 0.141 e. The van der Waals surface area contributed by atoms with Crippen LogP contribution in [0.4, 0.5) is 5.82 Å². The lowest BCUT2D eigenvalue weighted by atomic mass is 9.86. The maximum absolute atomic E-state index is 10.9. The molecule has 2 aromatic heterocycles. The highest BCUT2D eigenvalue weighted by atomic mass is 79.9. The van der Waals surface area contributed by atoms with E-state index in [1.807, 2.05) is 31.2 Å². The van der Waals surface area contributed by atoms with Crippen LogP contribution in [-0.2, 0) is 5.60 Å². The van der Waals surface area contributed by atoms with Gasteiger partial charge in [-0.2, -0.15) is 0 Å². The monoisotopic (exact) mass is 389 g/mol. The van der Waals surface area contributed by atoms with Crippen molar-refractivity contribution in [1.29, 1.82) is 0 Å². The van der Waals surface area contributed by atoms with Crippen molar-refractivity contribution in [1.82, 2.24) is 9.97 Å². The van der Waals surface area contributed by atoms with Crippen LogP contribution in [0, 0.1) is 13.8 Å². The summed E-state index contributed by atoms with van der Waals surface area (Å²) >= 11 is 5.12. The van der Waals surface area contributed by atoms with E-state index in [2.05, 4.69) is 43.1 Å². The van der Waals surface area contributed by atoms with E-state index in [0.717, 1.165) is 31.9 Å². The molecule has 1 N–H and O–H groups in total. The molecule has 118 valence electrons. The summed E-state index contributed by atoms with van der Waals surface area (Å²) in [6.07, 6.45) is 0. The van der Waals surface area contributed by atoms with Crippen molar-refractivity contribution in [3.63, 3.8) is 0 Å². The van der Waals surface area contributed by atoms with Crippen LogP contribution in [0.25, 0.3) is 10.2 Å². The molecule has 1 aromatic carbocycles. The molecule has 3 aromatic rings. The molecule has 1 fully saturated rings. The summed E-state index contributed by atoms with van der Waals surface area (Å²) in [7, 11) is 0. The lowest BCUT2D eigenvalue weighted by molar-refractivity contribution is 0.00716. The topological polar surface area (TPSA) is 49.2 Å². The van der Waals surface area contributed by atoms with Crippen molar-refractivity contribution < 1.29 is 5.11 Å². The van der Waals surface area contributed by atoms with Crippen LogP contribution in [0.2, 0.25) is 0 Å². The summed E-state index contributed by atoms with van der Waals surface area (Å²) in [5, 5.41) is 14.1. The van der Waals surface area contributed by atoms with Crippen LogP contribution in [0.1, 0.15) is 17.0 Å². The van der Waals surface area contributed by atoms with Gasteiger partial charge in [0.1, 0.15) is 22.1 Å². The molecule has 0 saturated carbocycles. The fourth-order valence-corrected chi connectivity index (χ4v) is 4.45. The van der Waals surface area contributed by atoms with E-state index in [9.17, 15) is 5.11 Å². The highest BCUT2D eigenvalue weighted by molar-refractivity contribution is 9.10. The number of benzene rings is 1. The highest BCUT2D eigenvalue weighted by Crippen LogP contribution is 2.39. The van der Waals surface area contributed by atoms with Gasteiger partial charge in [0.2, 0.25) is 0 Å². The minimum absolute atomic E-state index is 0.546. The van der Waals surface area contributed by atoms with Gasteiger partial charge in [0, 0.05) is 4.47 Å². The second-order valence-electron chi connectivity index (χ2n) is 6.09. The summed E-state index contributed by atoms with van der Waals surface area (Å²) in [5.74, 6) is 1.71. The first kappa shape index (κ1) is 15.1. The van der Waals surface area contributed by atoms with E-state index >= 15 is 0 Å². The molecule has 0 spiro atoms.